The van der Waals surface area contributed by atoms with Gasteiger partial charge < -0.3 is 10.1 Å². The number of hydrogen-bond acceptors (Lipinski definition) is 3. The van der Waals surface area contributed by atoms with E-state index in [2.05, 4.69) is 23.5 Å². The Morgan fingerprint density at radius 3 is 2.55 bits per heavy atom. The first-order chi connectivity index (χ1) is 9.72. The van der Waals surface area contributed by atoms with Crippen LogP contribution in [0.5, 0.6) is 0 Å². The Hall–Kier alpha value is -0.870. The van der Waals surface area contributed by atoms with E-state index in [1.54, 1.807) is 0 Å². The van der Waals surface area contributed by atoms with Crippen LogP contribution >= 0.6 is 0 Å². The van der Waals surface area contributed by atoms with Crippen LogP contribution in [-0.4, -0.2) is 35.6 Å². The molecule has 1 heterocycles. The third-order valence-electron chi connectivity index (χ3n) is 4.95. The predicted molar refractivity (Wildman–Crippen MR) is 81.8 cm³/mol. The highest BCUT2D eigenvalue weighted by molar-refractivity contribution is 5.02. The monoisotopic (exact) mass is 279 g/mol. The van der Waals surface area contributed by atoms with Gasteiger partial charge in [-0.15, -0.1) is 0 Å². The van der Waals surface area contributed by atoms with Gasteiger partial charge in [0, 0.05) is 32.1 Å². The van der Waals surface area contributed by atoms with Gasteiger partial charge in [0.05, 0.1) is 5.60 Å². The summed E-state index contributed by atoms with van der Waals surface area (Å²) in [6.45, 7) is 0. The lowest BCUT2D eigenvalue weighted by atomic mass is 9.83. The van der Waals surface area contributed by atoms with Crippen molar-refractivity contribution in [3.63, 3.8) is 0 Å². The summed E-state index contributed by atoms with van der Waals surface area (Å²) in [7, 11) is 5.97. The molecule has 2 rings (SSSR count). The zero-order chi connectivity index (χ0) is 14.4. The Balaban J connectivity index is 2.02. The van der Waals surface area contributed by atoms with Gasteiger partial charge in [-0.3, -0.25) is 4.68 Å². The molecule has 0 amide bonds. The minimum Gasteiger partial charge on any atom is -0.377 e. The highest BCUT2D eigenvalue weighted by atomic mass is 16.5. The highest BCUT2D eigenvalue weighted by Gasteiger charge is 2.38. The number of methoxy groups -OCH3 is 1. The van der Waals surface area contributed by atoms with Gasteiger partial charge in [0.1, 0.15) is 0 Å². The van der Waals surface area contributed by atoms with Gasteiger partial charge in [-0.1, -0.05) is 25.7 Å². The maximum Gasteiger partial charge on any atom is 0.0831 e. The molecule has 1 atom stereocenters. The van der Waals surface area contributed by atoms with Crippen LogP contribution in [0.4, 0.5) is 0 Å². The van der Waals surface area contributed by atoms with Crippen LogP contribution in [0.1, 0.15) is 50.6 Å². The van der Waals surface area contributed by atoms with Crippen molar-refractivity contribution in [2.45, 2.75) is 63.0 Å². The normalized spacial score (nSPS) is 20.6. The molecule has 1 aliphatic carbocycles. The lowest BCUT2D eigenvalue weighted by molar-refractivity contribution is -0.0530. The van der Waals surface area contributed by atoms with Crippen molar-refractivity contribution < 1.29 is 4.74 Å². The smallest absolute Gasteiger partial charge is 0.0831 e. The summed E-state index contributed by atoms with van der Waals surface area (Å²) < 4.78 is 8.00. The topological polar surface area (TPSA) is 39.1 Å². The van der Waals surface area contributed by atoms with Crippen LogP contribution in [0.15, 0.2) is 12.3 Å². The zero-order valence-corrected chi connectivity index (χ0v) is 13.2. The van der Waals surface area contributed by atoms with E-state index in [-0.39, 0.29) is 5.60 Å². The number of nitrogens with zero attached hydrogens (tertiary/aromatic N) is 2. The Morgan fingerprint density at radius 1 is 1.35 bits per heavy atom. The fraction of sp³-hybridized carbons (Fsp3) is 0.812. The summed E-state index contributed by atoms with van der Waals surface area (Å²) in [5.41, 5.74) is 1.31. The van der Waals surface area contributed by atoms with Crippen molar-refractivity contribution in [3.8, 4) is 0 Å². The lowest BCUT2D eigenvalue weighted by Gasteiger charge is -2.39. The van der Waals surface area contributed by atoms with Crippen molar-refractivity contribution in [2.75, 3.05) is 14.2 Å². The molecule has 4 heteroatoms. The van der Waals surface area contributed by atoms with Gasteiger partial charge in [-0.25, -0.2) is 0 Å². The van der Waals surface area contributed by atoms with Crippen LogP contribution in [0, 0.1) is 0 Å². The molecular weight excluding hydrogens is 250 g/mol. The molecule has 1 saturated carbocycles. The number of hydrogen-bond donors (Lipinski definition) is 1. The summed E-state index contributed by atoms with van der Waals surface area (Å²) in [6, 6.07) is 2.53. The molecule has 1 aromatic rings. The van der Waals surface area contributed by atoms with E-state index in [0.29, 0.717) is 6.04 Å². The molecule has 0 radical (unpaired) electrons. The van der Waals surface area contributed by atoms with Gasteiger partial charge >= 0.3 is 0 Å². The molecule has 1 aliphatic rings. The minimum atomic E-state index is 0.0177. The number of ether oxygens (including phenoxy) is 1. The van der Waals surface area contributed by atoms with Gasteiger partial charge in [-0.2, -0.15) is 5.10 Å². The third-order valence-corrected chi connectivity index (χ3v) is 4.95. The Bertz CT molecular complexity index is 394. The van der Waals surface area contributed by atoms with Crippen LogP contribution in [0.2, 0.25) is 0 Å². The Morgan fingerprint density at radius 2 is 2.05 bits per heavy atom. The molecule has 0 bridgehead atoms. The van der Waals surface area contributed by atoms with Crippen molar-refractivity contribution >= 4 is 0 Å². The van der Waals surface area contributed by atoms with Gasteiger partial charge in [0.2, 0.25) is 0 Å². The van der Waals surface area contributed by atoms with Gasteiger partial charge in [0.15, 0.2) is 0 Å². The second-order valence-corrected chi connectivity index (χ2v) is 6.01. The molecule has 114 valence electrons. The molecule has 4 nitrogen and oxygen atoms in total. The fourth-order valence-electron chi connectivity index (χ4n) is 3.63. The molecule has 0 saturated heterocycles. The molecule has 1 unspecified atom stereocenters. The van der Waals surface area contributed by atoms with Crippen molar-refractivity contribution in [1.29, 1.82) is 0 Å². The van der Waals surface area contributed by atoms with Crippen LogP contribution < -0.4 is 5.32 Å². The highest BCUT2D eigenvalue weighted by Crippen LogP contribution is 2.34. The predicted octanol–water partition coefficient (Wildman–Crippen LogP) is 2.68. The summed E-state index contributed by atoms with van der Waals surface area (Å²) >= 11 is 0. The molecule has 1 N–H and O–H groups in total. The molecule has 0 spiro atoms. The average molecular weight is 279 g/mol. The van der Waals surface area contributed by atoms with Crippen molar-refractivity contribution in [2.24, 2.45) is 7.05 Å². The number of likely N-dealkylation sites (N-methyl/N-ethyl adjacent to an activating group) is 1. The van der Waals surface area contributed by atoms with E-state index in [1.165, 1.54) is 44.2 Å². The van der Waals surface area contributed by atoms with E-state index in [4.69, 9.17) is 4.74 Å². The maximum atomic E-state index is 6.03. The van der Waals surface area contributed by atoms with E-state index < -0.39 is 0 Å². The SMILES string of the molecule is CNC(CCc1ccnn1C)C1(OC)CCCCCC1. The van der Waals surface area contributed by atoms with Crippen molar-refractivity contribution in [1.82, 2.24) is 15.1 Å². The standard InChI is InChI=1S/C16H29N3O/c1-17-15(9-8-14-10-13-18-19(14)2)16(20-3)11-6-4-5-7-12-16/h10,13,15,17H,4-9,11-12H2,1-3H3. The number of rotatable bonds is 6. The number of nitrogens with one attached hydrogen (secondary N) is 1. The van der Waals surface area contributed by atoms with E-state index in [9.17, 15) is 0 Å². The summed E-state index contributed by atoms with van der Waals surface area (Å²) in [4.78, 5) is 0. The molecular formula is C16H29N3O. The summed E-state index contributed by atoms with van der Waals surface area (Å²) in [5, 5.41) is 7.77. The van der Waals surface area contributed by atoms with Crippen molar-refractivity contribution in [3.05, 3.63) is 18.0 Å². The van der Waals surface area contributed by atoms with Crippen LogP contribution in [0.25, 0.3) is 0 Å². The first-order valence-corrected chi connectivity index (χ1v) is 7.91. The summed E-state index contributed by atoms with van der Waals surface area (Å²) in [6.07, 6.45) is 11.7. The molecule has 0 aliphatic heterocycles. The van der Waals surface area contributed by atoms with Gasteiger partial charge in [0.25, 0.3) is 0 Å². The number of aromatic nitrogens is 2. The molecule has 1 aromatic heterocycles. The maximum absolute atomic E-state index is 6.03. The lowest BCUT2D eigenvalue weighted by Crippen LogP contribution is -2.51. The van der Waals surface area contributed by atoms with E-state index >= 15 is 0 Å². The first kappa shape index (κ1) is 15.5. The third kappa shape index (κ3) is 3.41. The molecule has 1 fully saturated rings. The minimum absolute atomic E-state index is 0.0177. The largest absolute Gasteiger partial charge is 0.377 e. The quantitative estimate of drug-likeness (QED) is 0.814. The fourth-order valence-corrected chi connectivity index (χ4v) is 3.63. The van der Waals surface area contributed by atoms with Gasteiger partial charge in [-0.05, 0) is 38.8 Å². The van der Waals surface area contributed by atoms with E-state index in [0.717, 1.165) is 12.8 Å². The second kappa shape index (κ2) is 7.23. The Labute approximate surface area is 122 Å². The Kier molecular flexibility index (Phi) is 5.61. The molecule has 0 aromatic carbocycles. The molecule has 20 heavy (non-hydrogen) atoms. The van der Waals surface area contributed by atoms with Crippen LogP contribution in [-0.2, 0) is 18.2 Å². The van der Waals surface area contributed by atoms with E-state index in [1.807, 2.05) is 25.0 Å². The average Bonchev–Trinajstić information content (AvgIpc) is 2.74. The summed E-state index contributed by atoms with van der Waals surface area (Å²) in [5.74, 6) is 0. The van der Waals surface area contributed by atoms with Crippen LogP contribution in [0.3, 0.4) is 0 Å². The number of aryl methyl sites for hydroxylation is 2. The second-order valence-electron chi connectivity index (χ2n) is 6.01. The zero-order valence-electron chi connectivity index (χ0n) is 13.2. The first-order valence-electron chi connectivity index (χ1n) is 7.91.